The molecule has 1 aromatic heterocycles. The van der Waals surface area contributed by atoms with E-state index in [9.17, 15) is 4.79 Å². The summed E-state index contributed by atoms with van der Waals surface area (Å²) in [5.74, 6) is 0.586. The van der Waals surface area contributed by atoms with Crippen LogP contribution in [0.15, 0.2) is 53.2 Å². The first-order valence-corrected chi connectivity index (χ1v) is 9.58. The predicted molar refractivity (Wildman–Crippen MR) is 114 cm³/mol. The van der Waals surface area contributed by atoms with E-state index in [1.54, 1.807) is 19.4 Å². The van der Waals surface area contributed by atoms with Crippen molar-refractivity contribution in [3.8, 4) is 16.9 Å². The number of ether oxygens (including phenoxy) is 1. The van der Waals surface area contributed by atoms with E-state index in [1.165, 1.54) is 5.56 Å². The van der Waals surface area contributed by atoms with E-state index in [4.69, 9.17) is 9.15 Å². The summed E-state index contributed by atoms with van der Waals surface area (Å²) in [6, 6.07) is 12.4. The van der Waals surface area contributed by atoms with Gasteiger partial charge in [0.05, 0.1) is 13.4 Å². The second-order valence-corrected chi connectivity index (χ2v) is 7.21. The highest BCUT2D eigenvalue weighted by Crippen LogP contribution is 2.37. The van der Waals surface area contributed by atoms with Gasteiger partial charge in [0.2, 0.25) is 5.91 Å². The number of hydrogen-bond donors (Lipinski definition) is 1. The Hall–Kier alpha value is -3.01. The van der Waals surface area contributed by atoms with Gasteiger partial charge in [-0.1, -0.05) is 36.8 Å². The first-order chi connectivity index (χ1) is 13.4. The van der Waals surface area contributed by atoms with Crippen LogP contribution in [0, 0.1) is 6.92 Å². The second-order valence-electron chi connectivity index (χ2n) is 7.21. The molecule has 3 rings (SSSR count). The third kappa shape index (κ3) is 4.11. The molecule has 3 aromatic rings. The molecule has 1 heterocycles. The number of nitrogens with one attached hydrogen (secondary N) is 1. The molecule has 1 amide bonds. The first-order valence-electron chi connectivity index (χ1n) is 9.58. The maximum absolute atomic E-state index is 12.3. The molecule has 2 aromatic carbocycles. The van der Waals surface area contributed by atoms with Crippen molar-refractivity contribution in [2.45, 2.75) is 40.2 Å². The summed E-state index contributed by atoms with van der Waals surface area (Å²) in [6.45, 7) is 8.03. The molecular weight excluding hydrogens is 350 g/mol. The summed E-state index contributed by atoms with van der Waals surface area (Å²) in [4.78, 5) is 12.3. The Morgan fingerprint density at radius 2 is 1.96 bits per heavy atom. The number of carbonyl (C=O) groups is 1. The standard InChI is InChI=1S/C24H27NO3/c1-6-17(4)25-24(26)11-16(3)19-12-20-21(18-9-7-15(2)8-10-18)14-28-23(20)13-22(19)27-5/h7-14,17H,6H2,1-5H3,(H,25,26)/b16-11+. The van der Waals surface area contributed by atoms with Crippen molar-refractivity contribution in [3.63, 3.8) is 0 Å². The lowest BCUT2D eigenvalue weighted by Gasteiger charge is -2.12. The van der Waals surface area contributed by atoms with Crippen LogP contribution in [0.5, 0.6) is 5.75 Å². The number of rotatable bonds is 6. The highest BCUT2D eigenvalue weighted by Gasteiger charge is 2.15. The molecule has 1 unspecified atom stereocenters. The van der Waals surface area contributed by atoms with Gasteiger partial charge in [-0.15, -0.1) is 0 Å². The molecule has 0 saturated carbocycles. The third-order valence-electron chi connectivity index (χ3n) is 5.03. The van der Waals surface area contributed by atoms with Crippen molar-refractivity contribution in [2.75, 3.05) is 7.11 Å². The van der Waals surface area contributed by atoms with Gasteiger partial charge < -0.3 is 14.5 Å². The Morgan fingerprint density at radius 1 is 1.25 bits per heavy atom. The first kappa shape index (κ1) is 19.7. The topological polar surface area (TPSA) is 51.5 Å². The Kier molecular flexibility index (Phi) is 5.88. The maximum Gasteiger partial charge on any atom is 0.244 e. The quantitative estimate of drug-likeness (QED) is 0.558. The summed E-state index contributed by atoms with van der Waals surface area (Å²) in [5, 5.41) is 3.96. The molecule has 0 radical (unpaired) electrons. The number of allylic oxidation sites excluding steroid dienone is 1. The van der Waals surface area contributed by atoms with Crippen LogP contribution in [-0.4, -0.2) is 19.1 Å². The monoisotopic (exact) mass is 377 g/mol. The van der Waals surface area contributed by atoms with E-state index in [0.29, 0.717) is 5.75 Å². The number of amides is 1. The van der Waals surface area contributed by atoms with Crippen LogP contribution in [0.2, 0.25) is 0 Å². The van der Waals surface area contributed by atoms with Crippen molar-refractivity contribution in [3.05, 3.63) is 59.9 Å². The van der Waals surface area contributed by atoms with Crippen LogP contribution in [0.3, 0.4) is 0 Å². The van der Waals surface area contributed by atoms with E-state index in [0.717, 1.165) is 39.7 Å². The molecule has 0 aliphatic carbocycles. The molecule has 0 saturated heterocycles. The van der Waals surface area contributed by atoms with Gasteiger partial charge >= 0.3 is 0 Å². The number of furan rings is 1. The third-order valence-corrected chi connectivity index (χ3v) is 5.03. The lowest BCUT2D eigenvalue weighted by molar-refractivity contribution is -0.117. The fourth-order valence-corrected chi connectivity index (χ4v) is 3.15. The summed E-state index contributed by atoms with van der Waals surface area (Å²) in [6.07, 6.45) is 4.29. The van der Waals surface area contributed by atoms with E-state index < -0.39 is 0 Å². The minimum Gasteiger partial charge on any atom is -0.496 e. The Morgan fingerprint density at radius 3 is 2.61 bits per heavy atom. The molecule has 0 bridgehead atoms. The molecule has 4 nitrogen and oxygen atoms in total. The van der Waals surface area contributed by atoms with E-state index in [-0.39, 0.29) is 11.9 Å². The van der Waals surface area contributed by atoms with Crippen molar-refractivity contribution < 1.29 is 13.9 Å². The van der Waals surface area contributed by atoms with Gasteiger partial charge in [0.25, 0.3) is 0 Å². The van der Waals surface area contributed by atoms with Gasteiger partial charge in [-0.3, -0.25) is 4.79 Å². The SMILES string of the molecule is CCC(C)NC(=O)/C=C(\C)c1cc2c(-c3ccc(C)cc3)coc2cc1OC. The lowest BCUT2D eigenvalue weighted by atomic mass is 9.99. The summed E-state index contributed by atoms with van der Waals surface area (Å²) in [5.41, 5.74) is 5.81. The predicted octanol–water partition coefficient (Wildman–Crippen LogP) is 5.73. The molecular formula is C24H27NO3. The highest BCUT2D eigenvalue weighted by atomic mass is 16.5. The Bertz CT molecular complexity index is 1010. The van der Waals surface area contributed by atoms with Crippen LogP contribution in [0.4, 0.5) is 0 Å². The number of fused-ring (bicyclic) bond motifs is 1. The number of aryl methyl sites for hydroxylation is 1. The minimum absolute atomic E-state index is 0.0973. The van der Waals surface area contributed by atoms with Gasteiger partial charge in [0, 0.05) is 34.7 Å². The number of methoxy groups -OCH3 is 1. The van der Waals surface area contributed by atoms with E-state index >= 15 is 0 Å². The van der Waals surface area contributed by atoms with Gasteiger partial charge in [-0.2, -0.15) is 0 Å². The Labute approximate surface area is 166 Å². The van der Waals surface area contributed by atoms with Gasteiger partial charge in [0.15, 0.2) is 0 Å². The van der Waals surface area contributed by atoms with Crippen LogP contribution in [0.1, 0.15) is 38.3 Å². The number of hydrogen-bond acceptors (Lipinski definition) is 3. The molecule has 0 aliphatic heterocycles. The average Bonchev–Trinajstić information content (AvgIpc) is 3.10. The zero-order valence-corrected chi connectivity index (χ0v) is 17.1. The fraction of sp³-hybridized carbons (Fsp3) is 0.292. The highest BCUT2D eigenvalue weighted by molar-refractivity contribution is 6.00. The largest absolute Gasteiger partial charge is 0.496 e. The molecule has 28 heavy (non-hydrogen) atoms. The van der Waals surface area contributed by atoms with Crippen molar-refractivity contribution in [2.24, 2.45) is 0 Å². The lowest BCUT2D eigenvalue weighted by Crippen LogP contribution is -2.30. The molecule has 0 aliphatic rings. The van der Waals surface area contributed by atoms with Gasteiger partial charge in [-0.25, -0.2) is 0 Å². The number of benzene rings is 2. The van der Waals surface area contributed by atoms with E-state index in [1.807, 2.05) is 32.9 Å². The molecule has 1 atom stereocenters. The van der Waals surface area contributed by atoms with Crippen LogP contribution >= 0.6 is 0 Å². The number of carbonyl (C=O) groups excluding carboxylic acids is 1. The van der Waals surface area contributed by atoms with Gasteiger partial charge in [-0.05, 0) is 44.4 Å². The zero-order chi connectivity index (χ0) is 20.3. The molecule has 1 N–H and O–H groups in total. The Balaban J connectivity index is 2.05. The summed E-state index contributed by atoms with van der Waals surface area (Å²) >= 11 is 0. The molecule has 4 heteroatoms. The van der Waals surface area contributed by atoms with Crippen LogP contribution in [-0.2, 0) is 4.79 Å². The van der Waals surface area contributed by atoms with Crippen LogP contribution in [0.25, 0.3) is 27.7 Å². The van der Waals surface area contributed by atoms with E-state index in [2.05, 4.69) is 36.5 Å². The smallest absolute Gasteiger partial charge is 0.244 e. The minimum atomic E-state index is -0.0973. The van der Waals surface area contributed by atoms with Crippen molar-refractivity contribution >= 4 is 22.4 Å². The summed E-state index contributed by atoms with van der Waals surface area (Å²) in [7, 11) is 1.63. The second kappa shape index (κ2) is 8.34. The molecule has 146 valence electrons. The van der Waals surface area contributed by atoms with Gasteiger partial charge in [0.1, 0.15) is 11.3 Å². The fourth-order valence-electron chi connectivity index (χ4n) is 3.15. The van der Waals surface area contributed by atoms with Crippen molar-refractivity contribution in [1.29, 1.82) is 0 Å². The average molecular weight is 377 g/mol. The normalized spacial score (nSPS) is 12.8. The van der Waals surface area contributed by atoms with Crippen LogP contribution < -0.4 is 10.1 Å². The zero-order valence-electron chi connectivity index (χ0n) is 17.1. The molecule has 0 fully saturated rings. The summed E-state index contributed by atoms with van der Waals surface area (Å²) < 4.78 is 11.3. The van der Waals surface area contributed by atoms with Crippen molar-refractivity contribution in [1.82, 2.24) is 5.32 Å². The molecule has 0 spiro atoms. The maximum atomic E-state index is 12.3.